The maximum Gasteiger partial charge on any atom is 0.321 e. The first-order chi connectivity index (χ1) is 16.0. The van der Waals surface area contributed by atoms with E-state index in [0.717, 1.165) is 24.2 Å². The van der Waals surface area contributed by atoms with Crippen LogP contribution in [0.2, 0.25) is 5.02 Å². The fourth-order valence-electron chi connectivity index (χ4n) is 3.98. The van der Waals surface area contributed by atoms with Gasteiger partial charge in [0.25, 0.3) is 5.91 Å². The van der Waals surface area contributed by atoms with Gasteiger partial charge in [-0.05, 0) is 79.1 Å². The molecule has 1 fully saturated rings. The zero-order chi connectivity index (χ0) is 23.2. The van der Waals surface area contributed by atoms with Crippen molar-refractivity contribution >= 4 is 34.9 Å². The molecule has 33 heavy (non-hydrogen) atoms. The Morgan fingerprint density at radius 2 is 1.67 bits per heavy atom. The zero-order valence-corrected chi connectivity index (χ0v) is 19.1. The molecule has 1 heterocycles. The van der Waals surface area contributed by atoms with Gasteiger partial charge in [0.2, 0.25) is 0 Å². The number of hydrogen-bond acceptors (Lipinski definition) is 3. The number of anilines is 2. The van der Waals surface area contributed by atoms with Gasteiger partial charge in [0.1, 0.15) is 5.75 Å². The van der Waals surface area contributed by atoms with Crippen molar-refractivity contribution in [2.75, 3.05) is 30.8 Å². The zero-order valence-electron chi connectivity index (χ0n) is 18.4. The predicted molar refractivity (Wildman–Crippen MR) is 131 cm³/mol. The van der Waals surface area contributed by atoms with E-state index in [1.54, 1.807) is 61.7 Å². The Morgan fingerprint density at radius 1 is 0.970 bits per heavy atom. The Balaban J connectivity index is 1.40. The lowest BCUT2D eigenvalue weighted by Gasteiger charge is -2.33. The third-order valence-electron chi connectivity index (χ3n) is 5.77. The molecule has 1 aliphatic rings. The van der Waals surface area contributed by atoms with Crippen LogP contribution >= 0.6 is 11.6 Å². The van der Waals surface area contributed by atoms with Crippen LogP contribution in [0.4, 0.5) is 16.2 Å². The molecule has 6 nitrogen and oxygen atoms in total. The molecule has 1 aliphatic heterocycles. The van der Waals surface area contributed by atoms with Crippen molar-refractivity contribution in [2.45, 2.75) is 18.8 Å². The van der Waals surface area contributed by atoms with Gasteiger partial charge in [-0.3, -0.25) is 4.79 Å². The number of ether oxygens (including phenoxy) is 1. The maximum absolute atomic E-state index is 12.8. The summed E-state index contributed by atoms with van der Waals surface area (Å²) in [7, 11) is 1.60. The van der Waals surface area contributed by atoms with Crippen LogP contribution in [0.3, 0.4) is 0 Å². The Kier molecular flexibility index (Phi) is 7.15. The molecule has 0 unspecified atom stereocenters. The number of nitrogens with zero attached hydrogens (tertiary/aromatic N) is 1. The molecule has 4 rings (SSSR count). The van der Waals surface area contributed by atoms with Crippen molar-refractivity contribution in [1.29, 1.82) is 0 Å². The molecule has 7 heteroatoms. The molecule has 1 atom stereocenters. The quantitative estimate of drug-likeness (QED) is 0.486. The summed E-state index contributed by atoms with van der Waals surface area (Å²) in [5.41, 5.74) is 3.06. The number of piperidine rings is 1. The van der Waals surface area contributed by atoms with E-state index in [2.05, 4.69) is 10.6 Å². The van der Waals surface area contributed by atoms with Gasteiger partial charge in [0.15, 0.2) is 0 Å². The molecule has 0 radical (unpaired) electrons. The van der Waals surface area contributed by atoms with Gasteiger partial charge in [-0.15, -0.1) is 0 Å². The van der Waals surface area contributed by atoms with Gasteiger partial charge in [-0.2, -0.15) is 0 Å². The van der Waals surface area contributed by atoms with E-state index >= 15 is 0 Å². The molecule has 0 bridgehead atoms. The fraction of sp³-hybridized carbons (Fsp3) is 0.231. The second-order valence-electron chi connectivity index (χ2n) is 8.03. The van der Waals surface area contributed by atoms with E-state index in [1.807, 2.05) is 23.1 Å². The Hall–Kier alpha value is -3.51. The van der Waals surface area contributed by atoms with Crippen LogP contribution in [0.5, 0.6) is 5.75 Å². The number of carbonyl (C=O) groups excluding carboxylic acids is 2. The van der Waals surface area contributed by atoms with Crippen LogP contribution in [0.1, 0.15) is 34.7 Å². The van der Waals surface area contributed by atoms with Crippen LogP contribution in [-0.2, 0) is 0 Å². The van der Waals surface area contributed by atoms with Crippen LogP contribution in [0, 0.1) is 0 Å². The first kappa shape index (κ1) is 22.7. The van der Waals surface area contributed by atoms with E-state index in [4.69, 9.17) is 16.3 Å². The van der Waals surface area contributed by atoms with Crippen LogP contribution in [0.25, 0.3) is 0 Å². The molecule has 0 saturated carbocycles. The van der Waals surface area contributed by atoms with E-state index in [9.17, 15) is 9.59 Å². The van der Waals surface area contributed by atoms with Crippen LogP contribution < -0.4 is 15.4 Å². The van der Waals surface area contributed by atoms with Crippen molar-refractivity contribution in [1.82, 2.24) is 4.90 Å². The molecule has 0 aliphatic carbocycles. The topological polar surface area (TPSA) is 70.7 Å². The van der Waals surface area contributed by atoms with Crippen molar-refractivity contribution in [3.8, 4) is 5.75 Å². The molecule has 1 saturated heterocycles. The lowest BCUT2D eigenvalue weighted by molar-refractivity contribution is 0.102. The first-order valence-electron chi connectivity index (χ1n) is 10.9. The molecular formula is C26H26ClN3O3. The molecule has 3 amide bonds. The smallest absolute Gasteiger partial charge is 0.321 e. The molecule has 3 aromatic rings. The lowest BCUT2D eigenvalue weighted by Crippen LogP contribution is -2.41. The summed E-state index contributed by atoms with van der Waals surface area (Å²) < 4.78 is 5.15. The van der Waals surface area contributed by atoms with E-state index in [-0.39, 0.29) is 17.9 Å². The summed E-state index contributed by atoms with van der Waals surface area (Å²) in [6.07, 6.45) is 1.87. The van der Waals surface area contributed by atoms with Crippen molar-refractivity contribution in [3.63, 3.8) is 0 Å². The first-order valence-corrected chi connectivity index (χ1v) is 11.3. The van der Waals surface area contributed by atoms with E-state index in [1.165, 1.54) is 0 Å². The van der Waals surface area contributed by atoms with Crippen LogP contribution in [-0.4, -0.2) is 37.0 Å². The highest BCUT2D eigenvalue weighted by molar-refractivity contribution is 6.30. The average Bonchev–Trinajstić information content (AvgIpc) is 2.86. The van der Waals surface area contributed by atoms with Crippen molar-refractivity contribution in [3.05, 3.63) is 88.9 Å². The second kappa shape index (κ2) is 10.4. The molecule has 0 aromatic heterocycles. The Labute approximate surface area is 198 Å². The Morgan fingerprint density at radius 3 is 2.39 bits per heavy atom. The number of benzene rings is 3. The maximum atomic E-state index is 12.8. The third kappa shape index (κ3) is 5.84. The summed E-state index contributed by atoms with van der Waals surface area (Å²) in [6, 6.07) is 21.8. The number of rotatable bonds is 5. The van der Waals surface area contributed by atoms with Gasteiger partial charge >= 0.3 is 6.03 Å². The SMILES string of the molecule is COc1ccc(NC(=O)c2cccc([C@H]3CCCN(C(=O)Nc4ccc(Cl)cc4)C3)c2)cc1. The summed E-state index contributed by atoms with van der Waals surface area (Å²) in [5, 5.41) is 6.48. The summed E-state index contributed by atoms with van der Waals surface area (Å²) >= 11 is 5.92. The molecule has 3 aromatic carbocycles. The van der Waals surface area contributed by atoms with Crippen molar-refractivity contribution in [2.24, 2.45) is 0 Å². The number of methoxy groups -OCH3 is 1. The average molecular weight is 464 g/mol. The highest BCUT2D eigenvalue weighted by Gasteiger charge is 2.25. The van der Waals surface area contributed by atoms with Gasteiger partial charge < -0.3 is 20.3 Å². The fourth-order valence-corrected chi connectivity index (χ4v) is 4.11. The van der Waals surface area contributed by atoms with Crippen molar-refractivity contribution < 1.29 is 14.3 Å². The molecule has 170 valence electrons. The van der Waals surface area contributed by atoms with Gasteiger partial charge in [-0.1, -0.05) is 23.7 Å². The summed E-state index contributed by atoms with van der Waals surface area (Å²) in [5.74, 6) is 0.732. The number of urea groups is 1. The van der Waals surface area contributed by atoms with E-state index in [0.29, 0.717) is 35.1 Å². The standard InChI is InChI=1S/C26H26ClN3O3/c1-33-24-13-11-22(12-14-24)28-25(31)19-5-2-4-18(16-19)20-6-3-15-30(17-20)26(32)29-23-9-7-21(27)8-10-23/h2,4-5,7-14,16,20H,3,6,15,17H2,1H3,(H,28,31)(H,29,32)/t20-/m0/s1. The number of likely N-dealkylation sites (tertiary alicyclic amines) is 1. The minimum atomic E-state index is -0.171. The van der Waals surface area contributed by atoms with Crippen LogP contribution in [0.15, 0.2) is 72.8 Å². The number of hydrogen-bond donors (Lipinski definition) is 2. The predicted octanol–water partition coefficient (Wildman–Crippen LogP) is 6.01. The largest absolute Gasteiger partial charge is 0.497 e. The Bertz CT molecular complexity index is 1120. The highest BCUT2D eigenvalue weighted by Crippen LogP contribution is 2.28. The lowest BCUT2D eigenvalue weighted by atomic mass is 9.89. The molecule has 2 N–H and O–H groups in total. The normalized spacial score (nSPS) is 15.6. The number of halogens is 1. The van der Waals surface area contributed by atoms with Gasteiger partial charge in [0.05, 0.1) is 7.11 Å². The minimum Gasteiger partial charge on any atom is -0.497 e. The number of amides is 3. The number of carbonyl (C=O) groups is 2. The van der Waals surface area contributed by atoms with Gasteiger partial charge in [-0.25, -0.2) is 4.79 Å². The number of nitrogens with one attached hydrogen (secondary N) is 2. The van der Waals surface area contributed by atoms with E-state index < -0.39 is 0 Å². The summed E-state index contributed by atoms with van der Waals surface area (Å²) in [4.78, 5) is 27.4. The molecule has 0 spiro atoms. The second-order valence-corrected chi connectivity index (χ2v) is 8.47. The monoisotopic (exact) mass is 463 g/mol. The third-order valence-corrected chi connectivity index (χ3v) is 6.02. The highest BCUT2D eigenvalue weighted by atomic mass is 35.5. The molecular weight excluding hydrogens is 438 g/mol. The summed E-state index contributed by atoms with van der Waals surface area (Å²) in [6.45, 7) is 1.30. The van der Waals surface area contributed by atoms with Gasteiger partial charge in [0, 0.05) is 41.0 Å². The minimum absolute atomic E-state index is 0.129.